The van der Waals surface area contributed by atoms with Gasteiger partial charge in [0.05, 0.1) is 65.5 Å². The fourth-order valence-electron chi connectivity index (χ4n) is 9.12. The zero-order chi connectivity index (χ0) is 60.7. The van der Waals surface area contributed by atoms with E-state index in [9.17, 15) is 43.6 Å². The molecule has 85 heavy (non-hydrogen) atoms. The zero-order valence-electron chi connectivity index (χ0n) is 46.4. The van der Waals surface area contributed by atoms with Crippen molar-refractivity contribution >= 4 is 79.9 Å². The molecule has 21 nitrogen and oxygen atoms in total. The van der Waals surface area contributed by atoms with E-state index in [2.05, 4.69) is 42.6 Å². The Balaban J connectivity index is 0.890. The summed E-state index contributed by atoms with van der Waals surface area (Å²) in [5.74, 6) is -4.67. The van der Waals surface area contributed by atoms with E-state index in [0.29, 0.717) is 96.5 Å². The lowest BCUT2D eigenvalue weighted by Gasteiger charge is -2.26. The SMILES string of the molecule is C=CC(=O)CC(COC(=O)C=C)COc1ccc(OC(=O)C2CCC(C(=O)Oc3ccc(CCOC(=O)C4CCC(C(=O)Oc5ccc(OCC(COC(=O)C=C)OC(=O)C=C)cc5)CC4)c4sc(/N=N/c5ccc(C#N)cc5)nc34)CC2)cc1. The van der Waals surface area contributed by atoms with Crippen LogP contribution in [0.1, 0.15) is 68.9 Å². The molecule has 0 bridgehead atoms. The summed E-state index contributed by atoms with van der Waals surface area (Å²) in [5, 5.41) is 18.1. The topological polar surface area (TPSA) is 281 Å². The molecule has 0 radical (unpaired) electrons. The smallest absolute Gasteiger partial charge is 0.330 e. The number of nitriles is 1. The standard InChI is InChI=1S/C63H62N4O17S/c1-5-47(68)33-40(36-79-54(69)6-2)35-77-48-22-26-50(27-23-48)82-61(74)44-15-17-45(18-16-44)62(75)84-53-30-19-41(58-57(53)65-63(85-58)67-66-46-20-9-39(34-64)10-21-46)31-32-76-59(72)42-11-13-43(14-12-42)60(73)83-51-28-24-49(25-29-51)78-37-52(81-56(71)8-4)38-80-55(70)7-3/h5-10,19-30,40,42-45,52H,1-4,11-18,31-33,35-38H2/b67-66+. The lowest BCUT2D eigenvalue weighted by Crippen LogP contribution is -2.30. The fraction of sp³-hybridized carbons (Fsp3) is 0.333. The van der Waals surface area contributed by atoms with Crippen molar-refractivity contribution < 1.29 is 81.0 Å². The summed E-state index contributed by atoms with van der Waals surface area (Å²) in [6, 6.07) is 24.6. The zero-order valence-corrected chi connectivity index (χ0v) is 47.2. The summed E-state index contributed by atoms with van der Waals surface area (Å²) >= 11 is 1.21. The number of azo groups is 1. The van der Waals surface area contributed by atoms with E-state index in [0.717, 1.165) is 23.8 Å². The van der Waals surface area contributed by atoms with Gasteiger partial charge in [0.2, 0.25) is 5.13 Å². The summed E-state index contributed by atoms with van der Waals surface area (Å²) in [7, 11) is 0. The van der Waals surface area contributed by atoms with E-state index in [-0.39, 0.29) is 67.8 Å². The molecule has 2 saturated carbocycles. The number of ketones is 1. The second-order valence-corrected chi connectivity index (χ2v) is 20.7. The lowest BCUT2D eigenvalue weighted by atomic mass is 9.82. The molecule has 1 aromatic heterocycles. The van der Waals surface area contributed by atoms with Crippen molar-refractivity contribution in [3.8, 4) is 34.8 Å². The van der Waals surface area contributed by atoms with Crippen molar-refractivity contribution in [3.63, 3.8) is 0 Å². The van der Waals surface area contributed by atoms with Crippen molar-refractivity contribution in [1.82, 2.24) is 4.98 Å². The second kappa shape index (κ2) is 31.7. The number of allylic oxidation sites excluding steroid dienone is 1. The third kappa shape index (κ3) is 19.2. The van der Waals surface area contributed by atoms with Crippen LogP contribution in [0.2, 0.25) is 0 Å². The molecular weight excluding hydrogens is 1120 g/mol. The Kier molecular flexibility index (Phi) is 23.5. The van der Waals surface area contributed by atoms with Crippen LogP contribution in [0.5, 0.6) is 28.7 Å². The van der Waals surface area contributed by atoms with Crippen LogP contribution in [0.3, 0.4) is 0 Å². The van der Waals surface area contributed by atoms with Crippen LogP contribution in [0.4, 0.5) is 10.8 Å². The van der Waals surface area contributed by atoms with Crippen LogP contribution in [-0.2, 0) is 63.7 Å². The minimum Gasteiger partial charge on any atom is -0.493 e. The molecule has 2 aliphatic carbocycles. The maximum atomic E-state index is 13.8. The molecule has 1 heterocycles. The van der Waals surface area contributed by atoms with E-state index in [4.69, 9.17) is 47.6 Å². The molecule has 7 rings (SSSR count). The lowest BCUT2D eigenvalue weighted by molar-refractivity contribution is -0.154. The molecule has 2 atom stereocenters. The van der Waals surface area contributed by atoms with Gasteiger partial charge < -0.3 is 42.6 Å². The first-order chi connectivity index (χ1) is 41.1. The molecule has 0 N–H and O–H groups in total. The Labute approximate surface area is 493 Å². The Hall–Kier alpha value is -9.62. The Morgan fingerprint density at radius 3 is 1.60 bits per heavy atom. The van der Waals surface area contributed by atoms with Crippen LogP contribution in [0.15, 0.2) is 146 Å². The fourth-order valence-corrected chi connectivity index (χ4v) is 10.1. The molecule has 442 valence electrons. The molecule has 0 aliphatic heterocycles. The third-order valence-electron chi connectivity index (χ3n) is 13.8. The molecule has 2 aliphatic rings. The van der Waals surface area contributed by atoms with Crippen molar-refractivity contribution in [1.29, 1.82) is 5.26 Å². The average Bonchev–Trinajstić information content (AvgIpc) is 3.40. The summed E-state index contributed by atoms with van der Waals surface area (Å²) in [6.45, 7) is 13.2. The molecular formula is C63H62N4O17S. The summed E-state index contributed by atoms with van der Waals surface area (Å²) in [5.41, 5.74) is 2.06. The third-order valence-corrected chi connectivity index (χ3v) is 14.8. The number of hydrogen-bond acceptors (Lipinski definition) is 22. The highest BCUT2D eigenvalue weighted by Crippen LogP contribution is 2.39. The summed E-state index contributed by atoms with van der Waals surface area (Å²) < 4.78 is 50.6. The highest BCUT2D eigenvalue weighted by molar-refractivity contribution is 7.22. The van der Waals surface area contributed by atoms with Gasteiger partial charge in [-0.2, -0.15) is 5.26 Å². The van der Waals surface area contributed by atoms with E-state index in [1.807, 2.05) is 0 Å². The number of hydrogen-bond donors (Lipinski definition) is 0. The number of carbonyl (C=O) groups is 8. The highest BCUT2D eigenvalue weighted by atomic mass is 32.1. The van der Waals surface area contributed by atoms with Gasteiger partial charge in [-0.05, 0) is 142 Å². The van der Waals surface area contributed by atoms with Gasteiger partial charge >= 0.3 is 41.8 Å². The predicted octanol–water partition coefficient (Wildman–Crippen LogP) is 10.5. The number of rotatable bonds is 29. The van der Waals surface area contributed by atoms with Crippen LogP contribution in [0, 0.1) is 40.9 Å². The number of ether oxygens (including phenoxy) is 9. The number of fused-ring (bicyclic) bond motifs is 1. The molecule has 5 aromatic rings. The molecule has 0 saturated heterocycles. The number of carbonyl (C=O) groups excluding carboxylic acids is 8. The number of thiazole rings is 1. The van der Waals surface area contributed by atoms with E-state index >= 15 is 0 Å². The van der Waals surface area contributed by atoms with E-state index < -0.39 is 71.5 Å². The van der Waals surface area contributed by atoms with E-state index in [1.54, 1.807) is 84.9 Å². The maximum Gasteiger partial charge on any atom is 0.330 e. The Morgan fingerprint density at radius 2 is 1.07 bits per heavy atom. The van der Waals surface area contributed by atoms with E-state index in [1.165, 1.54) is 17.4 Å². The van der Waals surface area contributed by atoms with Crippen molar-refractivity contribution in [3.05, 3.63) is 147 Å². The Bertz CT molecular complexity index is 3320. The van der Waals surface area contributed by atoms with Crippen LogP contribution in [-0.4, -0.2) is 91.7 Å². The number of esters is 7. The minimum absolute atomic E-state index is 0.0304. The van der Waals surface area contributed by atoms with Crippen LogP contribution >= 0.6 is 11.3 Å². The first-order valence-electron chi connectivity index (χ1n) is 27.3. The van der Waals surface area contributed by atoms with Crippen LogP contribution < -0.4 is 23.7 Å². The maximum absolute atomic E-state index is 13.8. The second-order valence-electron chi connectivity index (χ2n) is 19.8. The number of nitrogens with zero attached hydrogens (tertiary/aromatic N) is 4. The normalized spacial score (nSPS) is 17.1. The molecule has 0 spiro atoms. The van der Waals surface area contributed by atoms with Crippen molar-refractivity contribution in [2.24, 2.45) is 39.8 Å². The van der Waals surface area contributed by atoms with Gasteiger partial charge in [0.15, 0.2) is 17.6 Å². The van der Waals surface area contributed by atoms with Crippen LogP contribution in [0.25, 0.3) is 10.2 Å². The highest BCUT2D eigenvalue weighted by Gasteiger charge is 2.34. The molecule has 2 unspecified atom stereocenters. The summed E-state index contributed by atoms with van der Waals surface area (Å²) in [6.07, 6.45) is 6.78. The van der Waals surface area contributed by atoms with Gasteiger partial charge in [-0.3, -0.25) is 24.0 Å². The van der Waals surface area contributed by atoms with Crippen molar-refractivity contribution in [2.45, 2.75) is 70.3 Å². The quantitative estimate of drug-likeness (QED) is 0.0141. The Morgan fingerprint density at radius 1 is 0.565 bits per heavy atom. The molecule has 0 amide bonds. The monoisotopic (exact) mass is 1180 g/mol. The van der Waals surface area contributed by atoms with Crippen molar-refractivity contribution in [2.75, 3.05) is 33.0 Å². The predicted molar refractivity (Wildman–Crippen MR) is 307 cm³/mol. The largest absolute Gasteiger partial charge is 0.493 e. The van der Waals surface area contributed by atoms with Gasteiger partial charge in [0, 0.05) is 37.0 Å². The molecule has 2 fully saturated rings. The summed E-state index contributed by atoms with van der Waals surface area (Å²) in [4.78, 5) is 105. The van der Waals surface area contributed by atoms with Gasteiger partial charge in [-0.1, -0.05) is 43.7 Å². The van der Waals surface area contributed by atoms with Gasteiger partial charge in [-0.15, -0.1) is 10.2 Å². The minimum atomic E-state index is -0.924. The van der Waals surface area contributed by atoms with Gasteiger partial charge in [-0.25, -0.2) is 19.4 Å². The number of benzene rings is 4. The first-order valence-corrected chi connectivity index (χ1v) is 28.1. The molecule has 22 heteroatoms. The first kappa shape index (κ1) is 63.0. The number of aromatic nitrogens is 1. The average molecular weight is 1180 g/mol. The molecule has 4 aromatic carbocycles. The van der Waals surface area contributed by atoms with Gasteiger partial charge in [0.1, 0.15) is 41.7 Å². The van der Waals surface area contributed by atoms with Gasteiger partial charge in [0.25, 0.3) is 0 Å².